The quantitative estimate of drug-likeness (QED) is 0.815. The standard InChI is InChI=1S/C14H22N4/c1-11(2)13-5-6-15-14(16-13)18-9-7-17(8-10-18)12-3-4-12/h5-6,11-12H,3-4,7-10H2,1-2H3. The summed E-state index contributed by atoms with van der Waals surface area (Å²) in [5.74, 6) is 1.39. The fourth-order valence-electron chi connectivity index (χ4n) is 2.56. The maximum Gasteiger partial charge on any atom is 0.225 e. The molecule has 4 nitrogen and oxygen atoms in total. The van der Waals surface area contributed by atoms with E-state index in [0.717, 1.165) is 30.8 Å². The highest BCUT2D eigenvalue weighted by Crippen LogP contribution is 2.28. The van der Waals surface area contributed by atoms with Gasteiger partial charge in [-0.2, -0.15) is 0 Å². The zero-order valence-electron chi connectivity index (χ0n) is 11.3. The molecule has 0 amide bonds. The van der Waals surface area contributed by atoms with Crippen molar-refractivity contribution in [3.05, 3.63) is 18.0 Å². The minimum atomic E-state index is 0.472. The molecule has 4 heteroatoms. The molecule has 0 radical (unpaired) electrons. The third-order valence-corrected chi connectivity index (χ3v) is 3.92. The van der Waals surface area contributed by atoms with Crippen molar-refractivity contribution in [3.8, 4) is 0 Å². The lowest BCUT2D eigenvalue weighted by Crippen LogP contribution is -2.47. The highest BCUT2D eigenvalue weighted by molar-refractivity contribution is 5.31. The van der Waals surface area contributed by atoms with Crippen LogP contribution in [0.2, 0.25) is 0 Å². The molecule has 2 fully saturated rings. The Hall–Kier alpha value is -1.16. The van der Waals surface area contributed by atoms with Crippen molar-refractivity contribution in [2.75, 3.05) is 31.1 Å². The molecule has 0 unspecified atom stereocenters. The summed E-state index contributed by atoms with van der Waals surface area (Å²) in [6.45, 7) is 8.82. The van der Waals surface area contributed by atoms with Crippen molar-refractivity contribution in [3.63, 3.8) is 0 Å². The first kappa shape index (κ1) is 11.9. The van der Waals surface area contributed by atoms with E-state index in [4.69, 9.17) is 0 Å². The molecular formula is C14H22N4. The van der Waals surface area contributed by atoms with Crippen LogP contribution in [0.1, 0.15) is 38.3 Å². The number of hydrogen-bond donors (Lipinski definition) is 0. The van der Waals surface area contributed by atoms with Gasteiger partial charge in [-0.15, -0.1) is 0 Å². The molecule has 98 valence electrons. The van der Waals surface area contributed by atoms with Gasteiger partial charge in [0, 0.05) is 44.1 Å². The van der Waals surface area contributed by atoms with E-state index < -0.39 is 0 Å². The molecule has 1 saturated carbocycles. The molecule has 3 rings (SSSR count). The zero-order chi connectivity index (χ0) is 12.5. The summed E-state index contributed by atoms with van der Waals surface area (Å²) in [6, 6.07) is 2.91. The van der Waals surface area contributed by atoms with E-state index in [1.165, 1.54) is 25.9 Å². The van der Waals surface area contributed by atoms with Crippen LogP contribution in [-0.2, 0) is 0 Å². The van der Waals surface area contributed by atoms with Gasteiger partial charge in [-0.05, 0) is 24.8 Å². The molecule has 0 bridgehead atoms. The highest BCUT2D eigenvalue weighted by atomic mass is 15.3. The molecule has 1 aliphatic heterocycles. The Morgan fingerprint density at radius 3 is 2.50 bits per heavy atom. The Kier molecular flexibility index (Phi) is 3.20. The van der Waals surface area contributed by atoms with Crippen LogP contribution in [-0.4, -0.2) is 47.1 Å². The van der Waals surface area contributed by atoms with Crippen molar-refractivity contribution in [1.82, 2.24) is 14.9 Å². The van der Waals surface area contributed by atoms with Crippen LogP contribution >= 0.6 is 0 Å². The van der Waals surface area contributed by atoms with Crippen molar-refractivity contribution in [2.45, 2.75) is 38.6 Å². The number of nitrogens with zero attached hydrogens (tertiary/aromatic N) is 4. The van der Waals surface area contributed by atoms with E-state index in [-0.39, 0.29) is 0 Å². The molecule has 2 aliphatic rings. The molecule has 0 spiro atoms. The summed E-state index contributed by atoms with van der Waals surface area (Å²) in [4.78, 5) is 14.0. The predicted molar refractivity (Wildman–Crippen MR) is 72.9 cm³/mol. The van der Waals surface area contributed by atoms with Gasteiger partial charge >= 0.3 is 0 Å². The summed E-state index contributed by atoms with van der Waals surface area (Å²) >= 11 is 0. The molecule has 18 heavy (non-hydrogen) atoms. The SMILES string of the molecule is CC(C)c1ccnc(N2CCN(C3CC3)CC2)n1. The van der Waals surface area contributed by atoms with E-state index in [1.54, 1.807) is 0 Å². The van der Waals surface area contributed by atoms with Crippen LogP contribution in [0.25, 0.3) is 0 Å². The zero-order valence-corrected chi connectivity index (χ0v) is 11.3. The Labute approximate surface area is 109 Å². The van der Waals surface area contributed by atoms with E-state index >= 15 is 0 Å². The lowest BCUT2D eigenvalue weighted by molar-refractivity contribution is 0.247. The summed E-state index contributed by atoms with van der Waals surface area (Å²) in [5.41, 5.74) is 1.14. The van der Waals surface area contributed by atoms with Gasteiger partial charge in [0.05, 0.1) is 0 Å². The van der Waals surface area contributed by atoms with Crippen LogP contribution in [0.3, 0.4) is 0 Å². The molecule has 1 aromatic heterocycles. The molecule has 1 saturated heterocycles. The van der Waals surface area contributed by atoms with Crippen molar-refractivity contribution >= 4 is 5.95 Å². The second-order valence-corrected chi connectivity index (χ2v) is 5.69. The van der Waals surface area contributed by atoms with Crippen molar-refractivity contribution < 1.29 is 0 Å². The lowest BCUT2D eigenvalue weighted by atomic mass is 10.1. The topological polar surface area (TPSA) is 32.3 Å². The van der Waals surface area contributed by atoms with Crippen LogP contribution in [0.4, 0.5) is 5.95 Å². The molecule has 0 N–H and O–H groups in total. The third-order valence-electron chi connectivity index (χ3n) is 3.92. The van der Waals surface area contributed by atoms with Gasteiger partial charge in [-0.25, -0.2) is 9.97 Å². The van der Waals surface area contributed by atoms with E-state index in [2.05, 4.69) is 33.6 Å². The first-order chi connectivity index (χ1) is 8.74. The van der Waals surface area contributed by atoms with Crippen molar-refractivity contribution in [1.29, 1.82) is 0 Å². The lowest BCUT2D eigenvalue weighted by Gasteiger charge is -2.34. The Morgan fingerprint density at radius 2 is 1.89 bits per heavy atom. The number of hydrogen-bond acceptors (Lipinski definition) is 4. The Morgan fingerprint density at radius 1 is 1.17 bits per heavy atom. The van der Waals surface area contributed by atoms with E-state index in [0.29, 0.717) is 5.92 Å². The molecule has 0 atom stereocenters. The molecule has 2 heterocycles. The third kappa shape index (κ3) is 2.48. The van der Waals surface area contributed by atoms with Crippen molar-refractivity contribution in [2.24, 2.45) is 0 Å². The fraction of sp³-hybridized carbons (Fsp3) is 0.714. The average Bonchev–Trinajstić information content (AvgIpc) is 3.23. The van der Waals surface area contributed by atoms with E-state index in [9.17, 15) is 0 Å². The van der Waals surface area contributed by atoms with E-state index in [1.807, 2.05) is 12.3 Å². The first-order valence-electron chi connectivity index (χ1n) is 7.06. The smallest absolute Gasteiger partial charge is 0.225 e. The number of aromatic nitrogens is 2. The summed E-state index contributed by atoms with van der Waals surface area (Å²) in [6.07, 6.45) is 4.70. The van der Waals surface area contributed by atoms with Gasteiger partial charge in [-0.1, -0.05) is 13.8 Å². The minimum absolute atomic E-state index is 0.472. The van der Waals surface area contributed by atoms with Crippen LogP contribution in [0.5, 0.6) is 0 Å². The molecule has 1 aromatic rings. The van der Waals surface area contributed by atoms with Gasteiger partial charge in [0.1, 0.15) is 0 Å². The maximum atomic E-state index is 4.68. The normalized spacial score (nSPS) is 21.6. The van der Waals surface area contributed by atoms with Gasteiger partial charge in [0.2, 0.25) is 5.95 Å². The average molecular weight is 246 g/mol. The number of piperazine rings is 1. The molecule has 1 aliphatic carbocycles. The summed E-state index contributed by atoms with van der Waals surface area (Å²) in [7, 11) is 0. The van der Waals surface area contributed by atoms with Gasteiger partial charge in [0.15, 0.2) is 0 Å². The van der Waals surface area contributed by atoms with Gasteiger partial charge in [-0.3, -0.25) is 4.90 Å². The minimum Gasteiger partial charge on any atom is -0.338 e. The predicted octanol–water partition coefficient (Wildman–Crippen LogP) is 1.88. The summed E-state index contributed by atoms with van der Waals surface area (Å²) < 4.78 is 0. The Balaban J connectivity index is 1.66. The van der Waals surface area contributed by atoms with Crippen LogP contribution in [0.15, 0.2) is 12.3 Å². The monoisotopic (exact) mass is 246 g/mol. The maximum absolute atomic E-state index is 4.68. The number of rotatable bonds is 3. The highest BCUT2D eigenvalue weighted by Gasteiger charge is 2.31. The fourth-order valence-corrected chi connectivity index (χ4v) is 2.56. The summed E-state index contributed by atoms with van der Waals surface area (Å²) in [5, 5.41) is 0. The largest absolute Gasteiger partial charge is 0.338 e. The second kappa shape index (κ2) is 4.84. The van der Waals surface area contributed by atoms with Crippen LogP contribution in [0, 0.1) is 0 Å². The van der Waals surface area contributed by atoms with Gasteiger partial charge in [0.25, 0.3) is 0 Å². The Bertz CT molecular complexity index is 406. The number of anilines is 1. The molecule has 0 aromatic carbocycles. The molecular weight excluding hydrogens is 224 g/mol. The van der Waals surface area contributed by atoms with Crippen LogP contribution < -0.4 is 4.90 Å². The second-order valence-electron chi connectivity index (χ2n) is 5.69. The van der Waals surface area contributed by atoms with Gasteiger partial charge < -0.3 is 4.90 Å². The first-order valence-corrected chi connectivity index (χ1v) is 7.06.